The molecule has 2 heterocycles. The normalized spacial score (nSPS) is 20.1. The fraction of sp³-hybridized carbons (Fsp3) is 0.600. The number of aryl methyl sites for hydroxylation is 1. The number of halogens is 1. The van der Waals surface area contributed by atoms with Crippen molar-refractivity contribution in [3.8, 4) is 0 Å². The fourth-order valence-electron chi connectivity index (χ4n) is 3.82. The lowest BCUT2D eigenvalue weighted by molar-refractivity contribution is -0.129. The van der Waals surface area contributed by atoms with Crippen LogP contribution in [0.4, 0.5) is 10.5 Å². The van der Waals surface area contributed by atoms with Gasteiger partial charge >= 0.3 is 6.03 Å². The lowest BCUT2D eigenvalue weighted by Crippen LogP contribution is -2.54. The predicted molar refractivity (Wildman–Crippen MR) is 111 cm³/mol. The Bertz CT molecular complexity index is 687. The maximum absolute atomic E-state index is 12.6. The minimum absolute atomic E-state index is 0. The average molecular weight is 395 g/mol. The lowest BCUT2D eigenvalue weighted by Gasteiger charge is -2.37. The molecule has 1 aromatic rings. The molecule has 7 heteroatoms. The zero-order chi connectivity index (χ0) is 18.8. The maximum Gasteiger partial charge on any atom is 0.317 e. The number of likely N-dealkylation sites (tertiary alicyclic amines) is 1. The van der Waals surface area contributed by atoms with E-state index < -0.39 is 0 Å². The number of amides is 3. The first-order valence-corrected chi connectivity index (χ1v) is 9.53. The van der Waals surface area contributed by atoms with Crippen molar-refractivity contribution in [1.29, 1.82) is 0 Å². The van der Waals surface area contributed by atoms with E-state index in [4.69, 9.17) is 0 Å². The van der Waals surface area contributed by atoms with E-state index in [2.05, 4.69) is 42.3 Å². The third-order valence-corrected chi connectivity index (χ3v) is 5.59. The highest BCUT2D eigenvalue weighted by Gasteiger charge is 2.33. The molecular weight excluding hydrogens is 364 g/mol. The number of anilines is 1. The van der Waals surface area contributed by atoms with Gasteiger partial charge in [-0.1, -0.05) is 12.1 Å². The third-order valence-electron chi connectivity index (χ3n) is 5.59. The molecule has 0 bridgehead atoms. The molecule has 2 fully saturated rings. The summed E-state index contributed by atoms with van der Waals surface area (Å²) in [6.07, 6.45) is 0.409. The number of hydrogen-bond donors (Lipinski definition) is 1. The first-order valence-electron chi connectivity index (χ1n) is 9.53. The number of rotatable bonds is 3. The van der Waals surface area contributed by atoms with Crippen LogP contribution in [0.2, 0.25) is 0 Å². The number of carbonyl (C=O) groups excluding carboxylic acids is 2. The second-order valence-corrected chi connectivity index (χ2v) is 7.68. The van der Waals surface area contributed by atoms with Crippen LogP contribution in [-0.4, -0.2) is 66.5 Å². The van der Waals surface area contributed by atoms with E-state index in [-0.39, 0.29) is 36.4 Å². The van der Waals surface area contributed by atoms with Gasteiger partial charge in [0.1, 0.15) is 0 Å². The number of piperazine rings is 1. The number of carbonyl (C=O) groups is 2. The second kappa shape index (κ2) is 8.83. The quantitative estimate of drug-likeness (QED) is 0.857. The van der Waals surface area contributed by atoms with Gasteiger partial charge in [-0.25, -0.2) is 4.79 Å². The van der Waals surface area contributed by atoms with E-state index in [1.165, 1.54) is 16.8 Å². The third kappa shape index (κ3) is 4.67. The van der Waals surface area contributed by atoms with E-state index in [0.717, 1.165) is 13.1 Å². The molecule has 1 unspecified atom stereocenters. The Hall–Kier alpha value is -1.95. The van der Waals surface area contributed by atoms with Crippen LogP contribution in [0.25, 0.3) is 0 Å². The zero-order valence-corrected chi connectivity index (χ0v) is 17.5. The topological polar surface area (TPSA) is 55.9 Å². The Balaban J connectivity index is 0.00000261. The SMILES string of the molecule is Cc1cccc(N2CCN(C(=O)NC3CC(=O)N(C(C)C)C3)CC2)c1C.Cl. The van der Waals surface area contributed by atoms with Crippen LogP contribution in [-0.2, 0) is 4.79 Å². The second-order valence-electron chi connectivity index (χ2n) is 7.68. The smallest absolute Gasteiger partial charge is 0.317 e. The van der Waals surface area contributed by atoms with Gasteiger partial charge in [0, 0.05) is 50.9 Å². The predicted octanol–water partition coefficient (Wildman–Crippen LogP) is 2.57. The van der Waals surface area contributed by atoms with Gasteiger partial charge in [-0.2, -0.15) is 0 Å². The minimum atomic E-state index is -0.0746. The van der Waals surface area contributed by atoms with Crippen molar-refractivity contribution in [2.45, 2.75) is 46.2 Å². The largest absolute Gasteiger partial charge is 0.368 e. The molecular formula is C20H31ClN4O2. The van der Waals surface area contributed by atoms with Crippen LogP contribution in [0.3, 0.4) is 0 Å². The summed E-state index contributed by atoms with van der Waals surface area (Å²) in [4.78, 5) is 30.6. The van der Waals surface area contributed by atoms with E-state index >= 15 is 0 Å². The molecule has 2 aliphatic heterocycles. The lowest BCUT2D eigenvalue weighted by atomic mass is 10.1. The molecule has 0 spiro atoms. The summed E-state index contributed by atoms with van der Waals surface area (Å²) in [7, 11) is 0. The molecule has 0 aromatic heterocycles. The first kappa shape index (κ1) is 21.4. The molecule has 150 valence electrons. The number of nitrogens with one attached hydrogen (secondary N) is 1. The highest BCUT2D eigenvalue weighted by atomic mass is 35.5. The molecule has 6 nitrogen and oxygen atoms in total. The molecule has 27 heavy (non-hydrogen) atoms. The molecule has 0 aliphatic carbocycles. The fourth-order valence-corrected chi connectivity index (χ4v) is 3.82. The van der Waals surface area contributed by atoms with Gasteiger partial charge in [0.25, 0.3) is 0 Å². The van der Waals surface area contributed by atoms with Gasteiger partial charge in [-0.15, -0.1) is 12.4 Å². The van der Waals surface area contributed by atoms with Gasteiger partial charge in [0.05, 0.1) is 6.04 Å². The van der Waals surface area contributed by atoms with Crippen molar-refractivity contribution in [2.24, 2.45) is 0 Å². The number of urea groups is 1. The maximum atomic E-state index is 12.6. The Morgan fingerprint density at radius 2 is 1.81 bits per heavy atom. The van der Waals surface area contributed by atoms with Crippen LogP contribution in [0.15, 0.2) is 18.2 Å². The summed E-state index contributed by atoms with van der Waals surface area (Å²) in [5.41, 5.74) is 3.87. The van der Waals surface area contributed by atoms with Gasteiger partial charge in [0.2, 0.25) is 5.91 Å². The van der Waals surface area contributed by atoms with Crippen LogP contribution < -0.4 is 10.2 Å². The molecule has 0 saturated carbocycles. The number of nitrogens with zero attached hydrogens (tertiary/aromatic N) is 3. The molecule has 2 aliphatic rings. The van der Waals surface area contributed by atoms with Gasteiger partial charge in [-0.05, 0) is 44.9 Å². The summed E-state index contributed by atoms with van der Waals surface area (Å²) in [6, 6.07) is 6.44. The van der Waals surface area contributed by atoms with Crippen LogP contribution in [0, 0.1) is 13.8 Å². The molecule has 1 atom stereocenters. The van der Waals surface area contributed by atoms with E-state index in [9.17, 15) is 9.59 Å². The van der Waals surface area contributed by atoms with Gasteiger partial charge < -0.3 is 20.0 Å². The Labute approximate surface area is 168 Å². The molecule has 0 radical (unpaired) electrons. The van der Waals surface area contributed by atoms with E-state index in [1.54, 1.807) is 0 Å². The molecule has 1 N–H and O–H groups in total. The Morgan fingerprint density at radius 3 is 2.41 bits per heavy atom. The summed E-state index contributed by atoms with van der Waals surface area (Å²) in [5, 5.41) is 3.04. The minimum Gasteiger partial charge on any atom is -0.368 e. The number of benzene rings is 1. The van der Waals surface area contributed by atoms with Gasteiger partial charge in [-0.3, -0.25) is 4.79 Å². The average Bonchev–Trinajstić information content (AvgIpc) is 2.98. The molecule has 3 amide bonds. The summed E-state index contributed by atoms with van der Waals surface area (Å²) in [6.45, 7) is 12.0. The van der Waals surface area contributed by atoms with Crippen molar-refractivity contribution in [2.75, 3.05) is 37.6 Å². The highest BCUT2D eigenvalue weighted by Crippen LogP contribution is 2.24. The Morgan fingerprint density at radius 1 is 1.15 bits per heavy atom. The molecule has 1 aromatic carbocycles. The molecule has 2 saturated heterocycles. The van der Waals surface area contributed by atoms with Crippen LogP contribution in [0.5, 0.6) is 0 Å². The summed E-state index contributed by atoms with van der Waals surface area (Å²) in [5.74, 6) is 0.130. The van der Waals surface area contributed by atoms with Gasteiger partial charge in [0.15, 0.2) is 0 Å². The first-order chi connectivity index (χ1) is 12.4. The standard InChI is InChI=1S/C20H30N4O2.ClH/c1-14(2)24-13-17(12-19(24)25)21-20(26)23-10-8-22(9-11-23)18-7-5-6-15(3)16(18)4;/h5-7,14,17H,8-13H2,1-4H3,(H,21,26);1H. The van der Waals surface area contributed by atoms with Crippen LogP contribution in [0.1, 0.15) is 31.4 Å². The van der Waals surface area contributed by atoms with E-state index in [1.807, 2.05) is 23.6 Å². The Kier molecular flexibility index (Phi) is 6.98. The summed E-state index contributed by atoms with van der Waals surface area (Å²) < 4.78 is 0. The van der Waals surface area contributed by atoms with Crippen molar-refractivity contribution in [3.63, 3.8) is 0 Å². The number of hydrogen-bond acceptors (Lipinski definition) is 3. The van der Waals surface area contributed by atoms with Crippen molar-refractivity contribution < 1.29 is 9.59 Å². The van der Waals surface area contributed by atoms with Crippen molar-refractivity contribution >= 4 is 30.0 Å². The zero-order valence-electron chi connectivity index (χ0n) is 16.7. The van der Waals surface area contributed by atoms with E-state index in [0.29, 0.717) is 26.1 Å². The van der Waals surface area contributed by atoms with Crippen molar-refractivity contribution in [3.05, 3.63) is 29.3 Å². The highest BCUT2D eigenvalue weighted by molar-refractivity contribution is 5.85. The monoisotopic (exact) mass is 394 g/mol. The molecule has 3 rings (SSSR count). The van der Waals surface area contributed by atoms with Crippen LogP contribution >= 0.6 is 12.4 Å². The summed E-state index contributed by atoms with van der Waals surface area (Å²) >= 11 is 0. The van der Waals surface area contributed by atoms with Crippen molar-refractivity contribution in [1.82, 2.24) is 15.1 Å².